The first-order chi connectivity index (χ1) is 14.6. The first-order valence-electron chi connectivity index (χ1n) is 10.2. The van der Waals surface area contributed by atoms with Crippen LogP contribution in [0.4, 0.5) is 5.69 Å². The van der Waals surface area contributed by atoms with Gasteiger partial charge < -0.3 is 24.4 Å². The largest absolute Gasteiger partial charge is 0.493 e. The Kier molecular flexibility index (Phi) is 9.22. The van der Waals surface area contributed by atoms with Crippen LogP contribution < -0.4 is 19.5 Å². The van der Waals surface area contributed by atoms with Crippen LogP contribution in [0.5, 0.6) is 17.2 Å². The summed E-state index contributed by atoms with van der Waals surface area (Å²) < 4.78 is 16.8. The van der Waals surface area contributed by atoms with Crippen molar-refractivity contribution in [3.8, 4) is 17.2 Å². The lowest BCUT2D eigenvalue weighted by atomic mass is 10.0. The Morgan fingerprint density at radius 3 is 2.47 bits per heavy atom. The number of carbonyl (C=O) groups excluding carboxylic acids is 1. The zero-order chi connectivity index (χ0) is 21.9. The van der Waals surface area contributed by atoms with E-state index >= 15 is 0 Å². The minimum Gasteiger partial charge on any atom is -0.493 e. The molecular formula is C24H32N2O4. The number of methoxy groups -OCH3 is 2. The molecule has 0 unspecified atom stereocenters. The zero-order valence-electron chi connectivity index (χ0n) is 18.4. The summed E-state index contributed by atoms with van der Waals surface area (Å²) in [5, 5.41) is 2.95. The summed E-state index contributed by atoms with van der Waals surface area (Å²) in [4.78, 5) is 15.3. The molecule has 1 amide bonds. The number of rotatable bonds is 12. The van der Waals surface area contributed by atoms with Crippen LogP contribution in [0.2, 0.25) is 0 Å². The second-order valence-electron chi connectivity index (χ2n) is 6.69. The van der Waals surface area contributed by atoms with Crippen molar-refractivity contribution in [3.63, 3.8) is 0 Å². The summed E-state index contributed by atoms with van der Waals surface area (Å²) in [6.07, 6.45) is 2.32. The summed E-state index contributed by atoms with van der Waals surface area (Å²) in [6, 6.07) is 10.9. The number of ether oxygens (including phenoxy) is 3. The molecule has 0 aliphatic heterocycles. The minimum absolute atomic E-state index is 0.249. The Labute approximate surface area is 179 Å². The molecule has 0 aliphatic carbocycles. The average molecular weight is 413 g/mol. The minimum atomic E-state index is -0.249. The Morgan fingerprint density at radius 2 is 1.83 bits per heavy atom. The molecule has 0 atom stereocenters. The molecule has 0 aliphatic rings. The van der Waals surface area contributed by atoms with Crippen molar-refractivity contribution in [3.05, 3.63) is 60.2 Å². The van der Waals surface area contributed by atoms with E-state index in [2.05, 4.69) is 30.6 Å². The molecule has 2 aromatic rings. The summed E-state index contributed by atoms with van der Waals surface area (Å²) in [5.74, 6) is 1.51. The van der Waals surface area contributed by atoms with E-state index in [9.17, 15) is 4.79 Å². The van der Waals surface area contributed by atoms with E-state index in [-0.39, 0.29) is 5.91 Å². The van der Waals surface area contributed by atoms with Crippen molar-refractivity contribution in [2.75, 3.05) is 45.8 Å². The number of benzene rings is 2. The second kappa shape index (κ2) is 11.9. The number of nitrogens with zero attached hydrogens (tertiary/aromatic N) is 1. The standard InChI is InChI=1S/C24H32N2O4/c1-6-11-18-16-19(17-22(28-4)23(18)29-5)24(27)25-20-12-9-10-13-21(20)30-15-14-26(7-2)8-3/h6,9-10,12-13,16-17H,1,7-8,11,14-15H2,2-5H3,(H,25,27). The number of para-hydroxylation sites is 2. The third-order valence-corrected chi connectivity index (χ3v) is 4.88. The maximum atomic E-state index is 13.0. The highest BCUT2D eigenvalue weighted by Gasteiger charge is 2.17. The van der Waals surface area contributed by atoms with Gasteiger partial charge in [0.25, 0.3) is 5.91 Å². The fraction of sp³-hybridized carbons (Fsp3) is 0.375. The molecule has 2 rings (SSSR count). The number of allylic oxidation sites excluding steroid dienone is 1. The van der Waals surface area contributed by atoms with E-state index < -0.39 is 0 Å². The second-order valence-corrected chi connectivity index (χ2v) is 6.69. The zero-order valence-corrected chi connectivity index (χ0v) is 18.4. The molecule has 162 valence electrons. The molecule has 0 spiro atoms. The Balaban J connectivity index is 2.20. The van der Waals surface area contributed by atoms with Crippen molar-refractivity contribution in [2.45, 2.75) is 20.3 Å². The Bertz CT molecular complexity index is 847. The van der Waals surface area contributed by atoms with Crippen molar-refractivity contribution >= 4 is 11.6 Å². The molecule has 0 saturated carbocycles. The molecule has 0 radical (unpaired) electrons. The van der Waals surface area contributed by atoms with E-state index in [0.717, 1.165) is 25.2 Å². The van der Waals surface area contributed by atoms with Crippen molar-refractivity contribution < 1.29 is 19.0 Å². The van der Waals surface area contributed by atoms with Gasteiger partial charge in [0.2, 0.25) is 0 Å². The smallest absolute Gasteiger partial charge is 0.255 e. The summed E-state index contributed by atoms with van der Waals surface area (Å²) in [5.41, 5.74) is 1.94. The van der Waals surface area contributed by atoms with Gasteiger partial charge in [-0.15, -0.1) is 6.58 Å². The van der Waals surface area contributed by atoms with E-state index in [1.165, 1.54) is 0 Å². The molecule has 0 fully saturated rings. The van der Waals surface area contributed by atoms with Gasteiger partial charge in [0.1, 0.15) is 12.4 Å². The summed E-state index contributed by atoms with van der Waals surface area (Å²) >= 11 is 0. The van der Waals surface area contributed by atoms with Gasteiger partial charge in [-0.25, -0.2) is 0 Å². The van der Waals surface area contributed by atoms with Gasteiger partial charge in [0.05, 0.1) is 19.9 Å². The number of anilines is 1. The predicted molar refractivity (Wildman–Crippen MR) is 121 cm³/mol. The number of nitrogens with one attached hydrogen (secondary N) is 1. The molecule has 0 bridgehead atoms. The summed E-state index contributed by atoms with van der Waals surface area (Å²) in [7, 11) is 3.13. The third-order valence-electron chi connectivity index (χ3n) is 4.88. The van der Waals surface area contributed by atoms with Crippen LogP contribution in [-0.2, 0) is 6.42 Å². The molecule has 6 nitrogen and oxygen atoms in total. The van der Waals surface area contributed by atoms with Crippen molar-refractivity contribution in [1.82, 2.24) is 4.90 Å². The van der Waals surface area contributed by atoms with Gasteiger partial charge in [0.15, 0.2) is 11.5 Å². The maximum absolute atomic E-state index is 13.0. The highest BCUT2D eigenvalue weighted by Crippen LogP contribution is 2.34. The quantitative estimate of drug-likeness (QED) is 0.524. The van der Waals surface area contributed by atoms with Crippen LogP contribution in [0.3, 0.4) is 0 Å². The van der Waals surface area contributed by atoms with Gasteiger partial charge in [-0.1, -0.05) is 32.1 Å². The van der Waals surface area contributed by atoms with Gasteiger partial charge in [0, 0.05) is 17.7 Å². The van der Waals surface area contributed by atoms with Crippen LogP contribution in [0.1, 0.15) is 29.8 Å². The molecule has 0 heterocycles. The SMILES string of the molecule is C=CCc1cc(C(=O)Nc2ccccc2OCCN(CC)CC)cc(OC)c1OC. The number of likely N-dealkylation sites (N-methyl/N-ethyl adjacent to an activating group) is 1. The molecule has 0 aromatic heterocycles. The van der Waals surface area contributed by atoms with Crippen LogP contribution in [-0.4, -0.2) is 51.3 Å². The van der Waals surface area contributed by atoms with Crippen LogP contribution in [0.25, 0.3) is 0 Å². The van der Waals surface area contributed by atoms with E-state index in [1.54, 1.807) is 32.4 Å². The Hall–Kier alpha value is -2.99. The first kappa shape index (κ1) is 23.3. The molecule has 6 heteroatoms. The lowest BCUT2D eigenvalue weighted by molar-refractivity contribution is 0.102. The molecule has 2 aromatic carbocycles. The molecule has 0 saturated heterocycles. The van der Waals surface area contributed by atoms with Crippen molar-refractivity contribution in [1.29, 1.82) is 0 Å². The highest BCUT2D eigenvalue weighted by molar-refractivity contribution is 6.05. The van der Waals surface area contributed by atoms with Crippen LogP contribution in [0, 0.1) is 0 Å². The lowest BCUT2D eigenvalue weighted by Gasteiger charge is -2.19. The van der Waals surface area contributed by atoms with Crippen LogP contribution in [0.15, 0.2) is 49.1 Å². The fourth-order valence-corrected chi connectivity index (χ4v) is 3.20. The normalized spacial score (nSPS) is 10.6. The van der Waals surface area contributed by atoms with Gasteiger partial charge in [-0.2, -0.15) is 0 Å². The predicted octanol–water partition coefficient (Wildman–Crippen LogP) is 4.41. The first-order valence-corrected chi connectivity index (χ1v) is 10.2. The Morgan fingerprint density at radius 1 is 1.10 bits per heavy atom. The average Bonchev–Trinajstić information content (AvgIpc) is 2.77. The molecule has 30 heavy (non-hydrogen) atoms. The number of carbonyl (C=O) groups is 1. The maximum Gasteiger partial charge on any atom is 0.255 e. The molecular weight excluding hydrogens is 380 g/mol. The molecule has 1 N–H and O–H groups in total. The van der Waals surface area contributed by atoms with Gasteiger partial charge in [-0.3, -0.25) is 4.79 Å². The third kappa shape index (κ3) is 6.00. The highest BCUT2D eigenvalue weighted by atomic mass is 16.5. The number of amides is 1. The lowest BCUT2D eigenvalue weighted by Crippen LogP contribution is -2.28. The van der Waals surface area contributed by atoms with Gasteiger partial charge >= 0.3 is 0 Å². The van der Waals surface area contributed by atoms with E-state index in [1.807, 2.05) is 24.3 Å². The fourth-order valence-electron chi connectivity index (χ4n) is 3.20. The van der Waals surface area contributed by atoms with Crippen molar-refractivity contribution in [2.24, 2.45) is 0 Å². The summed E-state index contributed by atoms with van der Waals surface area (Å²) in [6.45, 7) is 11.4. The number of hydrogen-bond donors (Lipinski definition) is 1. The van der Waals surface area contributed by atoms with E-state index in [4.69, 9.17) is 14.2 Å². The number of hydrogen-bond acceptors (Lipinski definition) is 5. The van der Waals surface area contributed by atoms with E-state index in [0.29, 0.717) is 41.5 Å². The topological polar surface area (TPSA) is 60.0 Å². The monoisotopic (exact) mass is 412 g/mol. The van der Waals surface area contributed by atoms with Gasteiger partial charge in [-0.05, 0) is 43.8 Å². The van der Waals surface area contributed by atoms with Crippen LogP contribution >= 0.6 is 0 Å².